The fraction of sp³-hybridized carbons (Fsp3) is 0.333. The average Bonchev–Trinajstić information content (AvgIpc) is 2.37. The summed E-state index contributed by atoms with van der Waals surface area (Å²) < 4.78 is 4.60. The first-order chi connectivity index (χ1) is 8.08. The van der Waals surface area contributed by atoms with E-state index in [0.717, 1.165) is 0 Å². The van der Waals surface area contributed by atoms with Crippen molar-refractivity contribution in [3.63, 3.8) is 0 Å². The lowest BCUT2D eigenvalue weighted by Crippen LogP contribution is -2.35. The molecule has 5 heteroatoms. The van der Waals surface area contributed by atoms with Crippen molar-refractivity contribution >= 4 is 17.6 Å². The highest BCUT2D eigenvalue weighted by atomic mass is 16.5. The Labute approximate surface area is 100 Å². The van der Waals surface area contributed by atoms with Crippen molar-refractivity contribution in [1.29, 1.82) is 0 Å². The van der Waals surface area contributed by atoms with Crippen molar-refractivity contribution in [2.75, 3.05) is 19.5 Å². The molecule has 1 rings (SSSR count). The van der Waals surface area contributed by atoms with Crippen LogP contribution in [0.15, 0.2) is 24.3 Å². The van der Waals surface area contributed by atoms with Crippen LogP contribution in [0.25, 0.3) is 0 Å². The van der Waals surface area contributed by atoms with Crippen LogP contribution in [0.5, 0.6) is 0 Å². The molecule has 1 unspecified atom stereocenters. The van der Waals surface area contributed by atoms with Gasteiger partial charge in [0.05, 0.1) is 18.7 Å². The molecule has 0 aliphatic heterocycles. The first-order valence-electron chi connectivity index (χ1n) is 5.25. The number of anilines is 1. The third kappa shape index (κ3) is 3.57. The number of benzene rings is 1. The Balaban J connectivity index is 2.79. The van der Waals surface area contributed by atoms with Gasteiger partial charge >= 0.3 is 5.97 Å². The molecule has 92 valence electrons. The molecule has 0 aliphatic rings. The summed E-state index contributed by atoms with van der Waals surface area (Å²) in [7, 11) is 3.02. The predicted octanol–water partition coefficient (Wildman–Crippen LogP) is 1.02. The fourth-order valence-electron chi connectivity index (χ4n) is 1.22. The maximum atomic E-state index is 11.6. The van der Waals surface area contributed by atoms with Gasteiger partial charge in [-0.3, -0.25) is 4.79 Å². The smallest absolute Gasteiger partial charge is 0.337 e. The minimum Gasteiger partial charge on any atom is -0.465 e. The van der Waals surface area contributed by atoms with Crippen LogP contribution in [-0.2, 0) is 9.53 Å². The van der Waals surface area contributed by atoms with E-state index in [1.165, 1.54) is 7.11 Å². The second kappa shape index (κ2) is 6.00. The molecule has 1 aromatic rings. The van der Waals surface area contributed by atoms with E-state index in [0.29, 0.717) is 11.3 Å². The molecule has 5 nitrogen and oxygen atoms in total. The average molecular weight is 236 g/mol. The van der Waals surface area contributed by atoms with Gasteiger partial charge in [-0.2, -0.15) is 0 Å². The Morgan fingerprint density at radius 2 is 2.06 bits per heavy atom. The Morgan fingerprint density at radius 3 is 2.65 bits per heavy atom. The number of methoxy groups -OCH3 is 1. The number of carbonyl (C=O) groups excluding carboxylic acids is 2. The van der Waals surface area contributed by atoms with Gasteiger partial charge in [0.1, 0.15) is 0 Å². The lowest BCUT2D eigenvalue weighted by molar-refractivity contribution is -0.117. The number of amides is 1. The lowest BCUT2D eigenvalue weighted by atomic mass is 10.2. The van der Waals surface area contributed by atoms with Crippen LogP contribution < -0.4 is 10.6 Å². The number of ether oxygens (including phenoxy) is 1. The third-order valence-corrected chi connectivity index (χ3v) is 2.38. The number of rotatable bonds is 4. The standard InChI is InChI=1S/C12H16N2O3/c1-8(13-2)11(15)14-10-6-4-5-9(7-10)12(16)17-3/h4-8,13H,1-3H3,(H,14,15). The van der Waals surface area contributed by atoms with Crippen molar-refractivity contribution in [2.24, 2.45) is 0 Å². The van der Waals surface area contributed by atoms with Crippen molar-refractivity contribution in [3.05, 3.63) is 29.8 Å². The quantitative estimate of drug-likeness (QED) is 0.766. The molecule has 0 radical (unpaired) electrons. The number of esters is 1. The summed E-state index contributed by atoms with van der Waals surface area (Å²) in [5, 5.41) is 5.53. The molecular formula is C12H16N2O3. The Hall–Kier alpha value is -1.88. The normalized spacial score (nSPS) is 11.7. The molecule has 0 heterocycles. The summed E-state index contributed by atoms with van der Waals surface area (Å²) in [6.07, 6.45) is 0. The number of carbonyl (C=O) groups is 2. The summed E-state index contributed by atoms with van der Waals surface area (Å²) in [6, 6.07) is 6.31. The summed E-state index contributed by atoms with van der Waals surface area (Å²) in [5.74, 6) is -0.586. The first kappa shape index (κ1) is 13.2. The molecule has 1 atom stereocenters. The highest BCUT2D eigenvalue weighted by Crippen LogP contribution is 2.11. The van der Waals surface area contributed by atoms with E-state index in [1.807, 2.05) is 0 Å². The largest absolute Gasteiger partial charge is 0.465 e. The van der Waals surface area contributed by atoms with E-state index < -0.39 is 5.97 Å². The van der Waals surface area contributed by atoms with Gasteiger partial charge in [-0.15, -0.1) is 0 Å². The van der Waals surface area contributed by atoms with Gasteiger partial charge in [0, 0.05) is 5.69 Å². The van der Waals surface area contributed by atoms with Gasteiger partial charge in [-0.05, 0) is 32.2 Å². The number of hydrogen-bond donors (Lipinski definition) is 2. The summed E-state index contributed by atoms with van der Waals surface area (Å²) in [6.45, 7) is 1.75. The van der Waals surface area contributed by atoms with Gasteiger partial charge < -0.3 is 15.4 Å². The maximum Gasteiger partial charge on any atom is 0.337 e. The van der Waals surface area contributed by atoms with Crippen LogP contribution in [0.3, 0.4) is 0 Å². The van der Waals surface area contributed by atoms with E-state index in [-0.39, 0.29) is 11.9 Å². The van der Waals surface area contributed by atoms with E-state index >= 15 is 0 Å². The monoisotopic (exact) mass is 236 g/mol. The highest BCUT2D eigenvalue weighted by Gasteiger charge is 2.11. The lowest BCUT2D eigenvalue weighted by Gasteiger charge is -2.11. The number of likely N-dealkylation sites (N-methyl/N-ethyl adjacent to an activating group) is 1. The molecule has 0 aromatic heterocycles. The topological polar surface area (TPSA) is 67.4 Å². The van der Waals surface area contributed by atoms with Crippen LogP contribution in [0.4, 0.5) is 5.69 Å². The van der Waals surface area contributed by atoms with Crippen molar-refractivity contribution < 1.29 is 14.3 Å². The molecule has 0 saturated carbocycles. The Kier molecular flexibility index (Phi) is 4.66. The Morgan fingerprint density at radius 1 is 1.35 bits per heavy atom. The van der Waals surface area contributed by atoms with Gasteiger partial charge in [-0.25, -0.2) is 4.79 Å². The van der Waals surface area contributed by atoms with Gasteiger partial charge in [0.2, 0.25) is 5.91 Å². The molecular weight excluding hydrogens is 220 g/mol. The minimum absolute atomic E-state index is 0.158. The van der Waals surface area contributed by atoms with Crippen LogP contribution in [-0.4, -0.2) is 32.1 Å². The highest BCUT2D eigenvalue weighted by molar-refractivity contribution is 5.96. The molecule has 0 spiro atoms. The van der Waals surface area contributed by atoms with Crippen LogP contribution in [0, 0.1) is 0 Å². The van der Waals surface area contributed by atoms with Crippen LogP contribution in [0.2, 0.25) is 0 Å². The molecule has 1 aromatic carbocycles. The molecule has 0 bridgehead atoms. The van der Waals surface area contributed by atoms with Crippen LogP contribution >= 0.6 is 0 Å². The molecule has 0 aliphatic carbocycles. The third-order valence-electron chi connectivity index (χ3n) is 2.38. The molecule has 17 heavy (non-hydrogen) atoms. The molecule has 2 N–H and O–H groups in total. The van der Waals surface area contributed by atoms with Crippen LogP contribution in [0.1, 0.15) is 17.3 Å². The summed E-state index contributed by atoms with van der Waals surface area (Å²) in [4.78, 5) is 22.9. The van der Waals surface area contributed by atoms with E-state index in [9.17, 15) is 9.59 Å². The zero-order valence-electron chi connectivity index (χ0n) is 10.1. The zero-order valence-corrected chi connectivity index (χ0v) is 10.1. The van der Waals surface area contributed by atoms with E-state index in [1.54, 1.807) is 38.2 Å². The number of nitrogens with one attached hydrogen (secondary N) is 2. The van der Waals surface area contributed by atoms with Crippen molar-refractivity contribution in [2.45, 2.75) is 13.0 Å². The minimum atomic E-state index is -0.428. The maximum absolute atomic E-state index is 11.6. The predicted molar refractivity (Wildman–Crippen MR) is 64.9 cm³/mol. The number of hydrogen-bond acceptors (Lipinski definition) is 4. The van der Waals surface area contributed by atoms with Gasteiger partial charge in [0.25, 0.3) is 0 Å². The molecule has 0 saturated heterocycles. The first-order valence-corrected chi connectivity index (χ1v) is 5.25. The summed E-state index contributed by atoms with van der Waals surface area (Å²) in [5.41, 5.74) is 0.974. The van der Waals surface area contributed by atoms with E-state index in [4.69, 9.17) is 0 Å². The van der Waals surface area contributed by atoms with Crippen molar-refractivity contribution in [3.8, 4) is 0 Å². The molecule has 1 amide bonds. The SMILES string of the molecule is CNC(C)C(=O)Nc1cccc(C(=O)OC)c1. The molecule has 0 fully saturated rings. The van der Waals surface area contributed by atoms with Crippen molar-refractivity contribution in [1.82, 2.24) is 5.32 Å². The zero-order chi connectivity index (χ0) is 12.8. The second-order valence-corrected chi connectivity index (χ2v) is 3.57. The second-order valence-electron chi connectivity index (χ2n) is 3.57. The van der Waals surface area contributed by atoms with E-state index in [2.05, 4.69) is 15.4 Å². The van der Waals surface area contributed by atoms with Gasteiger partial charge in [0.15, 0.2) is 0 Å². The van der Waals surface area contributed by atoms with Gasteiger partial charge in [-0.1, -0.05) is 6.07 Å². The Bertz CT molecular complexity index is 418. The summed E-state index contributed by atoms with van der Waals surface area (Å²) >= 11 is 0. The fourth-order valence-corrected chi connectivity index (χ4v) is 1.22.